The number of carbonyl (C=O) groups is 1. The number of hydrogen-bond donors (Lipinski definition) is 1. The number of hydrogen-bond acceptors (Lipinski definition) is 5. The Balaban J connectivity index is 1.47. The van der Waals surface area contributed by atoms with Crippen LogP contribution in [0.25, 0.3) is 10.8 Å². The number of halogens is 2. The summed E-state index contributed by atoms with van der Waals surface area (Å²) in [6.45, 7) is 2.11. The second-order valence-corrected chi connectivity index (χ2v) is 10.1. The lowest BCUT2D eigenvalue weighted by Gasteiger charge is -2.62. The Hall–Kier alpha value is -1.70. The van der Waals surface area contributed by atoms with Crippen molar-refractivity contribution in [3.8, 4) is 0 Å². The zero-order chi connectivity index (χ0) is 21.9. The average molecular weight is 449 g/mol. The lowest BCUT2D eigenvalue weighted by Crippen LogP contribution is -2.56. The number of aryl methyl sites for hydroxylation is 1. The molecule has 0 aromatic heterocycles. The van der Waals surface area contributed by atoms with Crippen molar-refractivity contribution in [2.75, 3.05) is 6.61 Å². The molecule has 0 spiro atoms. The van der Waals surface area contributed by atoms with Gasteiger partial charge in [0.05, 0.1) is 6.61 Å². The molecule has 2 aromatic rings. The van der Waals surface area contributed by atoms with Crippen molar-refractivity contribution in [1.82, 2.24) is 0 Å². The Morgan fingerprint density at radius 1 is 1.10 bits per heavy atom. The zero-order valence-corrected chi connectivity index (χ0v) is 18.3. The minimum absolute atomic E-state index is 0.00295. The molecular formula is C24H26F2O4S. The molecule has 31 heavy (non-hydrogen) atoms. The molecule has 0 aliphatic heterocycles. The predicted molar refractivity (Wildman–Crippen MR) is 115 cm³/mol. The molecule has 4 nitrogen and oxygen atoms in total. The van der Waals surface area contributed by atoms with Gasteiger partial charge in [0.1, 0.15) is 0 Å². The Bertz CT molecular complexity index is 1010. The van der Waals surface area contributed by atoms with Crippen molar-refractivity contribution < 1.29 is 27.5 Å². The first-order valence-electron chi connectivity index (χ1n) is 10.8. The number of carbonyl (C=O) groups excluding carboxylic acids is 1. The van der Waals surface area contributed by atoms with Gasteiger partial charge in [-0.3, -0.25) is 0 Å². The van der Waals surface area contributed by atoms with Crippen LogP contribution in [0, 0.1) is 24.2 Å². The highest BCUT2D eigenvalue weighted by atomic mass is 32.1. The SMILES string of the molecule is Cc1ccc(C23CC4CC(CC(COC(=O)C(F)(F)OOS)(C4)C2)C3)c2ccccc12. The van der Waals surface area contributed by atoms with Gasteiger partial charge in [0.25, 0.3) is 0 Å². The Kier molecular flexibility index (Phi) is 5.07. The van der Waals surface area contributed by atoms with Crippen molar-refractivity contribution in [1.29, 1.82) is 0 Å². The summed E-state index contributed by atoms with van der Waals surface area (Å²) in [6.07, 6.45) is 1.90. The summed E-state index contributed by atoms with van der Waals surface area (Å²) in [4.78, 5) is 15.6. The van der Waals surface area contributed by atoms with Gasteiger partial charge < -0.3 is 4.74 Å². The summed E-state index contributed by atoms with van der Waals surface area (Å²) >= 11 is 3.13. The van der Waals surface area contributed by atoms with Crippen molar-refractivity contribution in [3.05, 3.63) is 47.5 Å². The van der Waals surface area contributed by atoms with E-state index in [-0.39, 0.29) is 17.4 Å². The average Bonchev–Trinajstić information content (AvgIpc) is 2.71. The van der Waals surface area contributed by atoms with E-state index in [1.165, 1.54) is 28.3 Å². The van der Waals surface area contributed by atoms with Crippen LogP contribution in [0.5, 0.6) is 0 Å². The first kappa shape index (κ1) is 21.2. The molecule has 4 aliphatic carbocycles. The summed E-state index contributed by atoms with van der Waals surface area (Å²) < 4.78 is 36.1. The number of esters is 1. The van der Waals surface area contributed by atoms with E-state index in [9.17, 15) is 13.6 Å². The first-order valence-corrected chi connectivity index (χ1v) is 11.2. The summed E-state index contributed by atoms with van der Waals surface area (Å²) in [5.41, 5.74) is 2.33. The number of fused-ring (bicyclic) bond motifs is 1. The number of ether oxygens (including phenoxy) is 1. The summed E-state index contributed by atoms with van der Waals surface area (Å²) in [6, 6.07) is 13.0. The fourth-order valence-electron chi connectivity index (χ4n) is 7.23. The minimum Gasteiger partial charge on any atom is -0.459 e. The van der Waals surface area contributed by atoms with Gasteiger partial charge in [-0.1, -0.05) is 36.4 Å². The highest BCUT2D eigenvalue weighted by molar-refractivity contribution is 7.74. The second kappa shape index (κ2) is 7.42. The lowest BCUT2D eigenvalue weighted by atomic mass is 9.43. The minimum atomic E-state index is -4.17. The normalized spacial score (nSPS) is 31.9. The van der Waals surface area contributed by atoms with Gasteiger partial charge >= 0.3 is 12.1 Å². The monoisotopic (exact) mass is 448 g/mol. The molecule has 6 rings (SSSR count). The Labute approximate surface area is 185 Å². The third-order valence-electron chi connectivity index (χ3n) is 7.78. The van der Waals surface area contributed by atoms with E-state index >= 15 is 0 Å². The quantitative estimate of drug-likeness (QED) is 0.196. The lowest BCUT2D eigenvalue weighted by molar-refractivity contribution is -0.369. The van der Waals surface area contributed by atoms with Crippen LogP contribution >= 0.6 is 12.9 Å². The van der Waals surface area contributed by atoms with E-state index < -0.39 is 12.1 Å². The molecule has 0 radical (unpaired) electrons. The van der Waals surface area contributed by atoms with Crippen LogP contribution in [0.15, 0.2) is 36.4 Å². The maximum atomic E-state index is 13.7. The van der Waals surface area contributed by atoms with Gasteiger partial charge in [-0.2, -0.15) is 13.1 Å². The third kappa shape index (κ3) is 3.55. The van der Waals surface area contributed by atoms with Crippen LogP contribution in [0.4, 0.5) is 8.78 Å². The summed E-state index contributed by atoms with van der Waals surface area (Å²) in [5, 5.41) is 2.54. The first-order chi connectivity index (χ1) is 14.8. The Morgan fingerprint density at radius 2 is 1.77 bits per heavy atom. The molecule has 0 amide bonds. The third-order valence-corrected chi connectivity index (χ3v) is 7.86. The standard InChI is InChI=1S/C24H26F2O4S/c1-15-6-7-20(19-5-3-2-4-18(15)19)23-11-16-8-17(12-23)10-22(9-16,13-23)14-28-21(27)24(25,26)29-30-31/h2-7,16-17,31H,8-14H2,1H3. The molecule has 4 saturated carbocycles. The van der Waals surface area contributed by atoms with Crippen molar-refractivity contribution in [3.63, 3.8) is 0 Å². The zero-order valence-electron chi connectivity index (χ0n) is 17.4. The highest BCUT2D eigenvalue weighted by Gasteiger charge is 2.59. The van der Waals surface area contributed by atoms with Gasteiger partial charge in [0.2, 0.25) is 0 Å². The van der Waals surface area contributed by atoms with E-state index in [0.717, 1.165) is 32.1 Å². The smallest absolute Gasteiger partial charge is 0.459 e. The van der Waals surface area contributed by atoms with Crippen LogP contribution in [-0.2, 0) is 24.2 Å². The van der Waals surface area contributed by atoms with Crippen molar-refractivity contribution in [2.24, 2.45) is 17.3 Å². The van der Waals surface area contributed by atoms with E-state index in [2.05, 4.69) is 65.5 Å². The number of alkyl halides is 2. The molecule has 2 aromatic carbocycles. The molecule has 166 valence electrons. The molecule has 4 aliphatic rings. The highest BCUT2D eigenvalue weighted by Crippen LogP contribution is 2.66. The summed E-state index contributed by atoms with van der Waals surface area (Å²) in [5.74, 6) is -0.678. The van der Waals surface area contributed by atoms with Gasteiger partial charge in [0.15, 0.2) is 0 Å². The molecule has 0 saturated heterocycles. The predicted octanol–water partition coefficient (Wildman–Crippen LogP) is 5.92. The van der Waals surface area contributed by atoms with Crippen LogP contribution in [0.1, 0.15) is 49.7 Å². The van der Waals surface area contributed by atoms with Gasteiger partial charge in [-0.05, 0) is 84.6 Å². The van der Waals surface area contributed by atoms with Gasteiger partial charge in [-0.15, -0.1) is 4.89 Å². The van der Waals surface area contributed by atoms with Crippen LogP contribution in [0.2, 0.25) is 0 Å². The van der Waals surface area contributed by atoms with Crippen LogP contribution in [-0.4, -0.2) is 18.7 Å². The maximum absolute atomic E-state index is 13.7. The molecule has 0 heterocycles. The van der Waals surface area contributed by atoms with Crippen LogP contribution < -0.4 is 0 Å². The fourth-order valence-corrected chi connectivity index (χ4v) is 7.33. The molecule has 4 fully saturated rings. The maximum Gasteiger partial charge on any atom is 0.483 e. The number of benzene rings is 2. The molecule has 4 bridgehead atoms. The fraction of sp³-hybridized carbons (Fsp3) is 0.542. The van der Waals surface area contributed by atoms with E-state index in [0.29, 0.717) is 11.8 Å². The van der Waals surface area contributed by atoms with Crippen molar-refractivity contribution in [2.45, 2.75) is 57.0 Å². The number of thiol groups is 1. The number of rotatable bonds is 6. The largest absolute Gasteiger partial charge is 0.483 e. The van der Waals surface area contributed by atoms with Gasteiger partial charge in [0, 0.05) is 18.3 Å². The molecule has 2 unspecified atom stereocenters. The Morgan fingerprint density at radius 3 is 2.45 bits per heavy atom. The molecular weight excluding hydrogens is 422 g/mol. The molecule has 2 atom stereocenters. The van der Waals surface area contributed by atoms with E-state index in [4.69, 9.17) is 4.74 Å². The summed E-state index contributed by atoms with van der Waals surface area (Å²) in [7, 11) is 0. The molecule has 7 heteroatoms. The van der Waals surface area contributed by atoms with Crippen molar-refractivity contribution >= 4 is 29.7 Å². The second-order valence-electron chi connectivity index (χ2n) is 9.97. The van der Waals surface area contributed by atoms with Gasteiger partial charge in [-0.25, -0.2) is 4.79 Å². The molecule has 0 N–H and O–H groups in total. The van der Waals surface area contributed by atoms with E-state index in [1.54, 1.807) is 0 Å². The van der Waals surface area contributed by atoms with E-state index in [1.807, 2.05) is 0 Å². The topological polar surface area (TPSA) is 44.8 Å². The van der Waals surface area contributed by atoms with Crippen LogP contribution in [0.3, 0.4) is 0 Å².